The molecule has 0 bridgehead atoms. The molecule has 2 aromatic rings. The fourth-order valence-corrected chi connectivity index (χ4v) is 2.42. The third-order valence-corrected chi connectivity index (χ3v) is 3.72. The molecule has 2 N–H and O–H groups in total. The molecule has 2 rings (SSSR count). The third kappa shape index (κ3) is 3.41. The number of nitrogens with zero attached hydrogens (tertiary/aromatic N) is 2. The number of benzene rings is 1. The van der Waals surface area contributed by atoms with Gasteiger partial charge in [-0.1, -0.05) is 22.9 Å². The lowest BCUT2D eigenvalue weighted by molar-refractivity contribution is 0.290. The van der Waals surface area contributed by atoms with Gasteiger partial charge in [0, 0.05) is 23.1 Å². The van der Waals surface area contributed by atoms with E-state index in [9.17, 15) is 0 Å². The van der Waals surface area contributed by atoms with Gasteiger partial charge in [0.1, 0.15) is 12.4 Å². The molecule has 0 aliphatic rings. The van der Waals surface area contributed by atoms with E-state index in [1.807, 2.05) is 36.9 Å². The van der Waals surface area contributed by atoms with Crippen molar-refractivity contribution in [2.45, 2.75) is 32.9 Å². The second-order valence-corrected chi connectivity index (χ2v) is 5.78. The molecule has 5 heteroatoms. The van der Waals surface area contributed by atoms with Crippen molar-refractivity contribution in [2.75, 3.05) is 0 Å². The van der Waals surface area contributed by atoms with E-state index < -0.39 is 0 Å². The average Bonchev–Trinajstić information content (AvgIpc) is 2.78. The van der Waals surface area contributed by atoms with Gasteiger partial charge in [-0.05, 0) is 37.6 Å². The summed E-state index contributed by atoms with van der Waals surface area (Å²) >= 11 is 3.46. The van der Waals surface area contributed by atoms with Crippen molar-refractivity contribution in [2.24, 2.45) is 12.8 Å². The van der Waals surface area contributed by atoms with Crippen LogP contribution < -0.4 is 10.5 Å². The number of halogens is 1. The maximum Gasteiger partial charge on any atom is 0.130 e. The number of aryl methyl sites for hydroxylation is 2. The van der Waals surface area contributed by atoms with Crippen molar-refractivity contribution >= 4 is 15.9 Å². The molecule has 0 aliphatic carbocycles. The van der Waals surface area contributed by atoms with Gasteiger partial charge in [0.2, 0.25) is 0 Å². The topological polar surface area (TPSA) is 53.1 Å². The predicted molar refractivity (Wildman–Crippen MR) is 83.7 cm³/mol. The summed E-state index contributed by atoms with van der Waals surface area (Å²) in [5, 5.41) is 4.42. The quantitative estimate of drug-likeness (QED) is 0.910. The lowest BCUT2D eigenvalue weighted by Gasteiger charge is -2.14. The highest BCUT2D eigenvalue weighted by Gasteiger charge is 2.10. The molecule has 0 saturated carbocycles. The minimum Gasteiger partial charge on any atom is -0.487 e. The molecule has 1 aromatic heterocycles. The molecule has 0 amide bonds. The van der Waals surface area contributed by atoms with Gasteiger partial charge in [-0.25, -0.2) is 0 Å². The molecule has 4 nitrogen and oxygen atoms in total. The summed E-state index contributed by atoms with van der Waals surface area (Å²) in [6.07, 6.45) is 0.928. The summed E-state index contributed by atoms with van der Waals surface area (Å²) in [6.45, 7) is 4.54. The van der Waals surface area contributed by atoms with Gasteiger partial charge < -0.3 is 10.5 Å². The highest BCUT2D eigenvalue weighted by Crippen LogP contribution is 2.28. The summed E-state index contributed by atoms with van der Waals surface area (Å²) in [6, 6.07) is 7.91. The first-order chi connectivity index (χ1) is 9.51. The van der Waals surface area contributed by atoms with E-state index in [2.05, 4.69) is 34.0 Å². The zero-order chi connectivity index (χ0) is 14.7. The normalized spacial score (nSPS) is 12.4. The largest absolute Gasteiger partial charge is 0.487 e. The van der Waals surface area contributed by atoms with Gasteiger partial charge in [0.25, 0.3) is 0 Å². The summed E-state index contributed by atoms with van der Waals surface area (Å²) in [5.74, 6) is 0.822. The fraction of sp³-hybridized carbons (Fsp3) is 0.400. The van der Waals surface area contributed by atoms with Gasteiger partial charge in [0.05, 0.1) is 11.4 Å². The van der Waals surface area contributed by atoms with E-state index in [1.165, 1.54) is 0 Å². The van der Waals surface area contributed by atoms with Gasteiger partial charge in [-0.15, -0.1) is 0 Å². The number of hydrogen-bond acceptors (Lipinski definition) is 3. The molecule has 1 aromatic carbocycles. The molecule has 20 heavy (non-hydrogen) atoms. The Balaban J connectivity index is 2.16. The van der Waals surface area contributed by atoms with Crippen LogP contribution in [0.5, 0.6) is 5.75 Å². The van der Waals surface area contributed by atoms with Crippen LogP contribution in [-0.2, 0) is 20.1 Å². The van der Waals surface area contributed by atoms with Crippen LogP contribution in [0.4, 0.5) is 0 Å². The van der Waals surface area contributed by atoms with E-state index in [-0.39, 0.29) is 6.04 Å². The van der Waals surface area contributed by atoms with Crippen molar-refractivity contribution in [3.05, 3.63) is 45.7 Å². The second-order valence-electron chi connectivity index (χ2n) is 4.86. The van der Waals surface area contributed by atoms with Gasteiger partial charge in [0.15, 0.2) is 0 Å². The highest BCUT2D eigenvalue weighted by atomic mass is 79.9. The van der Waals surface area contributed by atoms with E-state index in [1.54, 1.807) is 0 Å². The Kier molecular flexibility index (Phi) is 4.83. The Morgan fingerprint density at radius 3 is 2.75 bits per heavy atom. The molecule has 0 aliphatic heterocycles. The summed E-state index contributed by atoms with van der Waals surface area (Å²) in [5.41, 5.74) is 9.12. The van der Waals surface area contributed by atoms with E-state index in [0.29, 0.717) is 6.61 Å². The van der Waals surface area contributed by atoms with Crippen molar-refractivity contribution in [1.29, 1.82) is 0 Å². The van der Waals surface area contributed by atoms with Crippen LogP contribution >= 0.6 is 15.9 Å². The molecule has 0 radical (unpaired) electrons. The second kappa shape index (κ2) is 6.41. The Labute approximate surface area is 128 Å². The highest BCUT2D eigenvalue weighted by molar-refractivity contribution is 9.10. The average molecular weight is 338 g/mol. The Hall–Kier alpha value is -1.33. The van der Waals surface area contributed by atoms with Crippen LogP contribution in [0.2, 0.25) is 0 Å². The maximum absolute atomic E-state index is 5.99. The zero-order valence-electron chi connectivity index (χ0n) is 12.1. The van der Waals surface area contributed by atoms with Crippen LogP contribution in [0.3, 0.4) is 0 Å². The monoisotopic (exact) mass is 337 g/mol. The van der Waals surface area contributed by atoms with Crippen molar-refractivity contribution in [3.63, 3.8) is 0 Å². The number of nitrogens with two attached hydrogens (primary N) is 1. The number of rotatable bonds is 5. The van der Waals surface area contributed by atoms with Crippen LogP contribution in [0.1, 0.15) is 36.8 Å². The summed E-state index contributed by atoms with van der Waals surface area (Å²) in [7, 11) is 1.94. The Morgan fingerprint density at radius 2 is 2.15 bits per heavy atom. The SMILES string of the molecule is CCc1cc(COc2ccc(Br)cc2C(C)N)n(C)n1. The fourth-order valence-electron chi connectivity index (χ4n) is 2.04. The maximum atomic E-state index is 5.99. The zero-order valence-corrected chi connectivity index (χ0v) is 13.6. The van der Waals surface area contributed by atoms with Gasteiger partial charge in [-0.2, -0.15) is 5.10 Å². The van der Waals surface area contributed by atoms with Crippen LogP contribution in [0, 0.1) is 0 Å². The van der Waals surface area contributed by atoms with E-state index in [4.69, 9.17) is 10.5 Å². The molecule has 0 spiro atoms. The Bertz CT molecular complexity index is 593. The number of ether oxygens (including phenoxy) is 1. The van der Waals surface area contributed by atoms with Crippen LogP contribution in [0.25, 0.3) is 0 Å². The van der Waals surface area contributed by atoms with Crippen molar-refractivity contribution < 1.29 is 4.74 Å². The van der Waals surface area contributed by atoms with Gasteiger partial charge >= 0.3 is 0 Å². The molecular formula is C15H20BrN3O. The van der Waals surface area contributed by atoms with Gasteiger partial charge in [-0.3, -0.25) is 4.68 Å². The third-order valence-electron chi connectivity index (χ3n) is 3.23. The minimum atomic E-state index is -0.0692. The summed E-state index contributed by atoms with van der Waals surface area (Å²) in [4.78, 5) is 0. The predicted octanol–water partition coefficient (Wildman–Crippen LogP) is 3.34. The first kappa shape index (κ1) is 15.1. The van der Waals surface area contributed by atoms with E-state index >= 15 is 0 Å². The molecule has 108 valence electrons. The standard InChI is InChI=1S/C15H20BrN3O/c1-4-12-8-13(19(3)18-12)9-20-15-6-5-11(16)7-14(15)10(2)17/h5-8,10H,4,9,17H2,1-3H3. The Morgan fingerprint density at radius 1 is 1.40 bits per heavy atom. The van der Waals surface area contributed by atoms with Crippen molar-refractivity contribution in [3.8, 4) is 5.75 Å². The smallest absolute Gasteiger partial charge is 0.130 e. The van der Waals surface area contributed by atoms with E-state index in [0.717, 1.165) is 33.6 Å². The summed E-state index contributed by atoms with van der Waals surface area (Å²) < 4.78 is 8.79. The molecule has 1 heterocycles. The first-order valence-corrected chi connectivity index (χ1v) is 7.50. The number of hydrogen-bond donors (Lipinski definition) is 1. The molecule has 1 atom stereocenters. The number of aromatic nitrogens is 2. The molecule has 1 unspecified atom stereocenters. The molecular weight excluding hydrogens is 318 g/mol. The van der Waals surface area contributed by atoms with Crippen LogP contribution in [0.15, 0.2) is 28.7 Å². The molecule has 0 fully saturated rings. The van der Waals surface area contributed by atoms with Crippen molar-refractivity contribution in [1.82, 2.24) is 9.78 Å². The first-order valence-electron chi connectivity index (χ1n) is 6.71. The lowest BCUT2D eigenvalue weighted by Crippen LogP contribution is -2.09. The van der Waals surface area contributed by atoms with Crippen LogP contribution in [-0.4, -0.2) is 9.78 Å². The minimum absolute atomic E-state index is 0.0692. The lowest BCUT2D eigenvalue weighted by atomic mass is 10.1. The molecule has 0 saturated heterocycles.